The highest BCUT2D eigenvalue weighted by molar-refractivity contribution is 5.74. The number of carbonyl (C=O) groups is 1. The third-order valence-electron chi connectivity index (χ3n) is 3.27. The van der Waals surface area contributed by atoms with Gasteiger partial charge in [0.2, 0.25) is 0 Å². The summed E-state index contributed by atoms with van der Waals surface area (Å²) in [5.74, 6) is 0.157. The molecule has 3 N–H and O–H groups in total. The standard InChI is InChI=1S/C13H25N3O2/c1-3-5-12(17)11-6-4-9-16(10-11)13(18)15-8-7-14-2/h3,5,11-12,14,17H,4,6-10H2,1-2H3,(H,15,18)/b5-3+. The van der Waals surface area contributed by atoms with Gasteiger partial charge in [0.05, 0.1) is 6.10 Å². The number of piperidine rings is 1. The summed E-state index contributed by atoms with van der Waals surface area (Å²) < 4.78 is 0. The number of rotatable bonds is 5. The Balaban J connectivity index is 2.40. The number of urea groups is 1. The Morgan fingerprint density at radius 1 is 1.56 bits per heavy atom. The van der Waals surface area contributed by atoms with E-state index in [4.69, 9.17) is 0 Å². The van der Waals surface area contributed by atoms with Gasteiger partial charge in [-0.3, -0.25) is 0 Å². The quantitative estimate of drug-likeness (QED) is 0.497. The van der Waals surface area contributed by atoms with E-state index < -0.39 is 6.10 Å². The first-order valence-electron chi connectivity index (χ1n) is 6.67. The second-order valence-electron chi connectivity index (χ2n) is 4.70. The Kier molecular flexibility index (Phi) is 6.75. The van der Waals surface area contributed by atoms with E-state index in [0.717, 1.165) is 25.9 Å². The van der Waals surface area contributed by atoms with Gasteiger partial charge in [0.15, 0.2) is 0 Å². The predicted molar refractivity (Wildman–Crippen MR) is 72.4 cm³/mol. The van der Waals surface area contributed by atoms with Crippen LogP contribution in [0, 0.1) is 5.92 Å². The molecule has 0 bridgehead atoms. The van der Waals surface area contributed by atoms with Gasteiger partial charge in [0.1, 0.15) is 0 Å². The zero-order valence-electron chi connectivity index (χ0n) is 11.4. The number of amides is 2. The molecule has 1 aliphatic rings. The van der Waals surface area contributed by atoms with Crippen molar-refractivity contribution in [2.24, 2.45) is 5.92 Å². The zero-order chi connectivity index (χ0) is 13.4. The summed E-state index contributed by atoms with van der Waals surface area (Å²) in [6.07, 6.45) is 5.15. The lowest BCUT2D eigenvalue weighted by atomic mass is 9.92. The number of allylic oxidation sites excluding steroid dienone is 1. The Morgan fingerprint density at radius 2 is 2.33 bits per heavy atom. The minimum Gasteiger partial charge on any atom is -0.389 e. The number of nitrogens with zero attached hydrogens (tertiary/aromatic N) is 1. The van der Waals surface area contributed by atoms with Gasteiger partial charge >= 0.3 is 6.03 Å². The van der Waals surface area contributed by atoms with E-state index in [1.165, 1.54) is 0 Å². The summed E-state index contributed by atoms with van der Waals surface area (Å²) in [4.78, 5) is 13.7. The molecule has 5 heteroatoms. The van der Waals surface area contributed by atoms with Crippen molar-refractivity contribution < 1.29 is 9.90 Å². The number of hydrogen-bond acceptors (Lipinski definition) is 3. The third-order valence-corrected chi connectivity index (χ3v) is 3.27. The lowest BCUT2D eigenvalue weighted by molar-refractivity contribution is 0.0911. The SMILES string of the molecule is C/C=C/C(O)C1CCCN(C(=O)NCCNC)C1. The second-order valence-corrected chi connectivity index (χ2v) is 4.70. The number of aliphatic hydroxyl groups excluding tert-OH is 1. The molecule has 0 aromatic rings. The predicted octanol–water partition coefficient (Wildman–Crippen LogP) is 0.564. The van der Waals surface area contributed by atoms with Crippen molar-refractivity contribution in [3.63, 3.8) is 0 Å². The third kappa shape index (κ3) is 4.66. The van der Waals surface area contributed by atoms with Crippen LogP contribution in [0.1, 0.15) is 19.8 Å². The van der Waals surface area contributed by atoms with E-state index in [1.54, 1.807) is 11.0 Å². The van der Waals surface area contributed by atoms with Gasteiger partial charge in [0.25, 0.3) is 0 Å². The molecule has 2 amide bonds. The van der Waals surface area contributed by atoms with Crippen LogP contribution in [0.3, 0.4) is 0 Å². The van der Waals surface area contributed by atoms with Crippen molar-refractivity contribution in [3.8, 4) is 0 Å². The molecule has 0 radical (unpaired) electrons. The van der Waals surface area contributed by atoms with Crippen LogP contribution in [0.15, 0.2) is 12.2 Å². The molecule has 2 unspecified atom stereocenters. The molecule has 1 aliphatic heterocycles. The zero-order valence-corrected chi connectivity index (χ0v) is 11.4. The fourth-order valence-electron chi connectivity index (χ4n) is 2.23. The van der Waals surface area contributed by atoms with Crippen LogP contribution in [0.25, 0.3) is 0 Å². The Hall–Kier alpha value is -1.07. The van der Waals surface area contributed by atoms with E-state index in [9.17, 15) is 9.90 Å². The van der Waals surface area contributed by atoms with Crippen molar-refractivity contribution in [2.75, 3.05) is 33.2 Å². The first kappa shape index (κ1) is 15.0. The van der Waals surface area contributed by atoms with E-state index in [0.29, 0.717) is 13.1 Å². The fraction of sp³-hybridized carbons (Fsp3) is 0.769. The first-order chi connectivity index (χ1) is 8.69. The molecule has 0 aromatic carbocycles. The normalized spacial score (nSPS) is 22.2. The molecule has 0 aliphatic carbocycles. The maximum Gasteiger partial charge on any atom is 0.317 e. The molecule has 0 spiro atoms. The molecule has 104 valence electrons. The van der Waals surface area contributed by atoms with Gasteiger partial charge in [-0.05, 0) is 26.8 Å². The molecule has 18 heavy (non-hydrogen) atoms. The fourth-order valence-corrected chi connectivity index (χ4v) is 2.23. The van der Waals surface area contributed by atoms with Gasteiger partial charge in [-0.25, -0.2) is 4.79 Å². The van der Waals surface area contributed by atoms with Crippen LogP contribution < -0.4 is 10.6 Å². The van der Waals surface area contributed by atoms with Crippen LogP contribution in [-0.4, -0.2) is 55.4 Å². The van der Waals surface area contributed by atoms with Crippen molar-refractivity contribution in [2.45, 2.75) is 25.9 Å². The monoisotopic (exact) mass is 255 g/mol. The smallest absolute Gasteiger partial charge is 0.317 e. The molecular weight excluding hydrogens is 230 g/mol. The van der Waals surface area contributed by atoms with Crippen LogP contribution >= 0.6 is 0 Å². The van der Waals surface area contributed by atoms with Crippen LogP contribution in [-0.2, 0) is 0 Å². The van der Waals surface area contributed by atoms with E-state index >= 15 is 0 Å². The average molecular weight is 255 g/mol. The lowest BCUT2D eigenvalue weighted by Gasteiger charge is -2.34. The Labute approximate surface area is 109 Å². The molecule has 1 heterocycles. The molecule has 2 atom stereocenters. The number of nitrogens with one attached hydrogen (secondary N) is 2. The van der Waals surface area contributed by atoms with Crippen molar-refractivity contribution in [1.82, 2.24) is 15.5 Å². The van der Waals surface area contributed by atoms with Crippen molar-refractivity contribution >= 4 is 6.03 Å². The van der Waals surface area contributed by atoms with Gasteiger partial charge in [-0.15, -0.1) is 0 Å². The number of carbonyl (C=O) groups excluding carboxylic acids is 1. The molecule has 1 saturated heterocycles. The molecule has 1 fully saturated rings. The van der Waals surface area contributed by atoms with E-state index in [-0.39, 0.29) is 11.9 Å². The molecular formula is C13H25N3O2. The summed E-state index contributed by atoms with van der Waals surface area (Å²) in [7, 11) is 1.86. The summed E-state index contributed by atoms with van der Waals surface area (Å²) >= 11 is 0. The minimum atomic E-state index is -0.442. The topological polar surface area (TPSA) is 64.6 Å². The van der Waals surface area contributed by atoms with Gasteiger partial charge < -0.3 is 20.6 Å². The first-order valence-corrected chi connectivity index (χ1v) is 6.67. The van der Waals surface area contributed by atoms with Crippen molar-refractivity contribution in [1.29, 1.82) is 0 Å². The minimum absolute atomic E-state index is 0.0253. The lowest BCUT2D eigenvalue weighted by Crippen LogP contribution is -2.48. The van der Waals surface area contributed by atoms with Gasteiger partial charge in [0, 0.05) is 32.1 Å². The Bertz CT molecular complexity index is 281. The van der Waals surface area contributed by atoms with E-state index in [1.807, 2.05) is 20.0 Å². The van der Waals surface area contributed by atoms with Crippen molar-refractivity contribution in [3.05, 3.63) is 12.2 Å². The van der Waals surface area contributed by atoms with Gasteiger partial charge in [-0.2, -0.15) is 0 Å². The second kappa shape index (κ2) is 8.11. The largest absolute Gasteiger partial charge is 0.389 e. The number of likely N-dealkylation sites (tertiary alicyclic amines) is 1. The Morgan fingerprint density at radius 3 is 3.00 bits per heavy atom. The maximum absolute atomic E-state index is 11.9. The summed E-state index contributed by atoms with van der Waals surface area (Å²) in [5.41, 5.74) is 0. The average Bonchev–Trinajstić information content (AvgIpc) is 2.39. The molecule has 0 aromatic heterocycles. The summed E-state index contributed by atoms with van der Waals surface area (Å²) in [6, 6.07) is -0.0253. The highest BCUT2D eigenvalue weighted by Gasteiger charge is 2.26. The summed E-state index contributed by atoms with van der Waals surface area (Å²) in [5, 5.41) is 15.8. The number of aliphatic hydroxyl groups is 1. The van der Waals surface area contributed by atoms with Gasteiger partial charge in [-0.1, -0.05) is 12.2 Å². The molecule has 0 saturated carbocycles. The molecule has 1 rings (SSSR count). The van der Waals surface area contributed by atoms with E-state index in [2.05, 4.69) is 10.6 Å². The van der Waals surface area contributed by atoms with Crippen LogP contribution in [0.2, 0.25) is 0 Å². The summed E-state index contributed by atoms with van der Waals surface area (Å²) in [6.45, 7) is 4.72. The highest BCUT2D eigenvalue weighted by Crippen LogP contribution is 2.20. The van der Waals surface area contributed by atoms with Crippen LogP contribution in [0.4, 0.5) is 4.79 Å². The number of likely N-dealkylation sites (N-methyl/N-ethyl adjacent to an activating group) is 1. The number of hydrogen-bond donors (Lipinski definition) is 3. The molecule has 5 nitrogen and oxygen atoms in total. The van der Waals surface area contributed by atoms with Crippen LogP contribution in [0.5, 0.6) is 0 Å². The maximum atomic E-state index is 11.9. The highest BCUT2D eigenvalue weighted by atomic mass is 16.3.